The zero-order valence-electron chi connectivity index (χ0n) is 12.2. The lowest BCUT2D eigenvalue weighted by Crippen LogP contribution is -2.40. The summed E-state index contributed by atoms with van der Waals surface area (Å²) >= 11 is 0. The molecule has 1 aliphatic heterocycles. The van der Waals surface area contributed by atoms with Gasteiger partial charge in [-0.1, -0.05) is 20.8 Å². The van der Waals surface area contributed by atoms with Crippen LogP contribution in [0.15, 0.2) is 0 Å². The molecule has 3 unspecified atom stereocenters. The van der Waals surface area contributed by atoms with E-state index in [4.69, 9.17) is 15.2 Å². The Morgan fingerprint density at radius 3 is 2.28 bits per heavy atom. The summed E-state index contributed by atoms with van der Waals surface area (Å²) in [7, 11) is 0. The van der Waals surface area contributed by atoms with E-state index in [0.29, 0.717) is 0 Å². The lowest BCUT2D eigenvalue weighted by Gasteiger charge is -2.32. The smallest absolute Gasteiger partial charge is 0.307 e. The summed E-state index contributed by atoms with van der Waals surface area (Å²) in [6.45, 7) is 10.1. The summed E-state index contributed by atoms with van der Waals surface area (Å²) in [5, 5.41) is 0. The maximum Gasteiger partial charge on any atom is 0.307 e. The highest BCUT2D eigenvalue weighted by Crippen LogP contribution is 2.24. The van der Waals surface area contributed by atoms with E-state index in [1.165, 1.54) is 0 Å². The minimum absolute atomic E-state index is 0.0246. The fraction of sp³-hybridized carbons (Fsp3) is 0.929. The van der Waals surface area contributed by atoms with Gasteiger partial charge in [0.15, 0.2) is 0 Å². The molecule has 0 bridgehead atoms. The Morgan fingerprint density at radius 2 is 1.83 bits per heavy atom. The first-order chi connectivity index (χ1) is 8.18. The maximum atomic E-state index is 11.8. The summed E-state index contributed by atoms with van der Waals surface area (Å²) in [6, 6.07) is -0.167. The van der Waals surface area contributed by atoms with Crippen molar-refractivity contribution in [1.29, 1.82) is 0 Å². The zero-order chi connectivity index (χ0) is 13.9. The lowest BCUT2D eigenvalue weighted by atomic mass is 9.85. The molecule has 0 spiro atoms. The molecule has 1 saturated heterocycles. The number of ether oxygens (including phenoxy) is 2. The third kappa shape index (κ3) is 4.94. The predicted molar refractivity (Wildman–Crippen MR) is 71.2 cm³/mol. The highest BCUT2D eigenvalue weighted by Gasteiger charge is 2.29. The molecule has 1 aliphatic rings. The molecule has 1 fully saturated rings. The van der Waals surface area contributed by atoms with Gasteiger partial charge in [0, 0.05) is 18.9 Å². The first-order valence-electron chi connectivity index (χ1n) is 6.79. The molecular weight excluding hydrogens is 230 g/mol. The molecular formula is C14H27NO3. The van der Waals surface area contributed by atoms with Crippen LogP contribution in [-0.4, -0.2) is 30.3 Å². The van der Waals surface area contributed by atoms with E-state index in [1.54, 1.807) is 0 Å². The molecule has 0 saturated carbocycles. The number of carbonyl (C=O) groups is 1. The molecule has 0 aromatic rings. The predicted octanol–water partition coefficient (Wildman–Crippen LogP) is 2.25. The minimum atomic E-state index is -0.191. The van der Waals surface area contributed by atoms with Crippen LogP contribution in [-0.2, 0) is 14.3 Å². The van der Waals surface area contributed by atoms with Gasteiger partial charge < -0.3 is 15.2 Å². The Balaban J connectivity index is 2.40. The number of hydrogen-bond acceptors (Lipinski definition) is 4. The van der Waals surface area contributed by atoms with Crippen LogP contribution in [0.3, 0.4) is 0 Å². The molecule has 1 rings (SSSR count). The summed E-state index contributed by atoms with van der Waals surface area (Å²) in [5.41, 5.74) is 5.91. The Bertz CT molecular complexity index is 275. The second-order valence-corrected chi connectivity index (χ2v) is 6.52. The van der Waals surface area contributed by atoms with Crippen LogP contribution in [0.2, 0.25) is 0 Å². The Morgan fingerprint density at radius 1 is 1.33 bits per heavy atom. The molecule has 1 heterocycles. The standard InChI is InChI=1S/C14H27NO3/c1-9-6-11(7-10(2)17-9)18-13(16)8-12(15)14(3,4)5/h9-12H,6-8,15H2,1-5H3. The molecule has 106 valence electrons. The van der Waals surface area contributed by atoms with Crippen LogP contribution in [0.4, 0.5) is 0 Å². The van der Waals surface area contributed by atoms with Gasteiger partial charge in [-0.2, -0.15) is 0 Å². The SMILES string of the molecule is CC1CC(OC(=O)CC(N)C(C)(C)C)CC(C)O1. The van der Waals surface area contributed by atoms with Gasteiger partial charge in [-0.15, -0.1) is 0 Å². The molecule has 0 aliphatic carbocycles. The van der Waals surface area contributed by atoms with E-state index < -0.39 is 0 Å². The fourth-order valence-corrected chi connectivity index (χ4v) is 2.16. The van der Waals surface area contributed by atoms with Crippen molar-refractivity contribution in [3.05, 3.63) is 0 Å². The van der Waals surface area contributed by atoms with Crippen molar-refractivity contribution in [1.82, 2.24) is 0 Å². The number of esters is 1. The molecule has 2 N–H and O–H groups in total. The van der Waals surface area contributed by atoms with E-state index in [0.717, 1.165) is 12.8 Å². The van der Waals surface area contributed by atoms with E-state index in [-0.39, 0.29) is 42.2 Å². The van der Waals surface area contributed by atoms with Crippen LogP contribution in [0.1, 0.15) is 53.9 Å². The second-order valence-electron chi connectivity index (χ2n) is 6.52. The largest absolute Gasteiger partial charge is 0.462 e. The molecule has 4 heteroatoms. The van der Waals surface area contributed by atoms with Gasteiger partial charge in [-0.05, 0) is 19.3 Å². The fourth-order valence-electron chi connectivity index (χ4n) is 2.16. The normalized spacial score (nSPS) is 30.9. The van der Waals surface area contributed by atoms with Crippen LogP contribution in [0.5, 0.6) is 0 Å². The van der Waals surface area contributed by atoms with E-state index in [1.807, 2.05) is 34.6 Å². The Hall–Kier alpha value is -0.610. The van der Waals surface area contributed by atoms with Crippen LogP contribution >= 0.6 is 0 Å². The number of rotatable bonds is 3. The monoisotopic (exact) mass is 257 g/mol. The third-order valence-corrected chi connectivity index (χ3v) is 3.45. The van der Waals surface area contributed by atoms with Gasteiger partial charge >= 0.3 is 5.97 Å². The van der Waals surface area contributed by atoms with Gasteiger partial charge in [-0.3, -0.25) is 4.79 Å². The molecule has 3 atom stereocenters. The van der Waals surface area contributed by atoms with Gasteiger partial charge in [0.05, 0.1) is 18.6 Å². The number of carbonyl (C=O) groups excluding carboxylic acids is 1. The van der Waals surface area contributed by atoms with Crippen molar-refractivity contribution < 1.29 is 14.3 Å². The highest BCUT2D eigenvalue weighted by molar-refractivity contribution is 5.70. The summed E-state index contributed by atoms with van der Waals surface area (Å²) < 4.78 is 11.1. The van der Waals surface area contributed by atoms with E-state index in [9.17, 15) is 4.79 Å². The van der Waals surface area contributed by atoms with Gasteiger partial charge in [0.1, 0.15) is 6.10 Å². The molecule has 0 aromatic heterocycles. The highest BCUT2D eigenvalue weighted by atomic mass is 16.6. The zero-order valence-corrected chi connectivity index (χ0v) is 12.2. The summed E-state index contributed by atoms with van der Waals surface area (Å²) in [5.74, 6) is -0.191. The Kier molecular flexibility index (Phi) is 5.17. The van der Waals surface area contributed by atoms with Crippen LogP contribution in [0, 0.1) is 5.41 Å². The average Bonchev–Trinajstić information content (AvgIpc) is 2.13. The van der Waals surface area contributed by atoms with Gasteiger partial charge in [-0.25, -0.2) is 0 Å². The molecule has 4 nitrogen and oxygen atoms in total. The van der Waals surface area contributed by atoms with Crippen molar-refractivity contribution in [2.75, 3.05) is 0 Å². The minimum Gasteiger partial charge on any atom is -0.462 e. The van der Waals surface area contributed by atoms with Crippen molar-refractivity contribution in [2.24, 2.45) is 11.1 Å². The Labute approximate surface area is 110 Å². The maximum absolute atomic E-state index is 11.8. The van der Waals surface area contributed by atoms with Crippen LogP contribution < -0.4 is 5.73 Å². The van der Waals surface area contributed by atoms with E-state index >= 15 is 0 Å². The first-order valence-corrected chi connectivity index (χ1v) is 6.79. The first kappa shape index (κ1) is 15.4. The summed E-state index contributed by atoms with van der Waals surface area (Å²) in [4.78, 5) is 11.8. The second kappa shape index (κ2) is 6.02. The molecule has 18 heavy (non-hydrogen) atoms. The number of nitrogens with two attached hydrogens (primary N) is 1. The van der Waals surface area contributed by atoms with Crippen molar-refractivity contribution in [2.45, 2.75) is 78.2 Å². The van der Waals surface area contributed by atoms with Crippen molar-refractivity contribution in [3.63, 3.8) is 0 Å². The van der Waals surface area contributed by atoms with Crippen molar-refractivity contribution >= 4 is 5.97 Å². The van der Waals surface area contributed by atoms with Crippen LogP contribution in [0.25, 0.3) is 0 Å². The van der Waals surface area contributed by atoms with Crippen molar-refractivity contribution in [3.8, 4) is 0 Å². The average molecular weight is 257 g/mol. The third-order valence-electron chi connectivity index (χ3n) is 3.45. The molecule has 0 amide bonds. The topological polar surface area (TPSA) is 61.5 Å². The van der Waals surface area contributed by atoms with E-state index in [2.05, 4.69) is 0 Å². The van der Waals surface area contributed by atoms with Gasteiger partial charge in [0.2, 0.25) is 0 Å². The quantitative estimate of drug-likeness (QED) is 0.788. The summed E-state index contributed by atoms with van der Waals surface area (Å²) in [6.07, 6.45) is 2.12. The van der Waals surface area contributed by atoms with Gasteiger partial charge in [0.25, 0.3) is 0 Å². The lowest BCUT2D eigenvalue weighted by molar-refractivity contribution is -0.160. The molecule has 0 aromatic carbocycles. The number of hydrogen-bond donors (Lipinski definition) is 1. The molecule has 0 radical (unpaired) electrons.